The quantitative estimate of drug-likeness (QED) is 0.446. The zero-order valence-electron chi connectivity index (χ0n) is 13.6. The fourth-order valence-electron chi connectivity index (χ4n) is 3.10. The molecule has 0 amide bonds. The summed E-state index contributed by atoms with van der Waals surface area (Å²) in [5, 5.41) is 16.8. The van der Waals surface area contributed by atoms with Crippen molar-refractivity contribution in [3.8, 4) is 11.4 Å². The largest absolute Gasteiger partial charge is 0.212 e. The van der Waals surface area contributed by atoms with Crippen molar-refractivity contribution in [2.45, 2.75) is 5.16 Å². The van der Waals surface area contributed by atoms with Crippen LogP contribution in [-0.2, 0) is 0 Å². The molecule has 6 heteroatoms. The van der Waals surface area contributed by atoms with E-state index in [4.69, 9.17) is 5.10 Å². The van der Waals surface area contributed by atoms with Gasteiger partial charge in [0.15, 0.2) is 5.82 Å². The molecule has 1 aliphatic rings. The number of benzene rings is 3. The summed E-state index contributed by atoms with van der Waals surface area (Å²) in [4.78, 5) is 0. The Morgan fingerprint density at radius 1 is 0.885 bits per heavy atom. The third-order valence-corrected chi connectivity index (χ3v) is 5.84. The second-order valence-electron chi connectivity index (χ2n) is 5.99. The second-order valence-corrected chi connectivity index (χ2v) is 7.85. The van der Waals surface area contributed by atoms with E-state index in [0.29, 0.717) is 0 Å². The summed E-state index contributed by atoms with van der Waals surface area (Å²) in [5.74, 6) is 1.56. The van der Waals surface area contributed by atoms with Crippen LogP contribution in [0.1, 0.15) is 5.56 Å². The maximum atomic E-state index is 4.86. The van der Waals surface area contributed by atoms with Crippen molar-refractivity contribution in [3.63, 3.8) is 0 Å². The van der Waals surface area contributed by atoms with E-state index in [0.717, 1.165) is 43.4 Å². The van der Waals surface area contributed by atoms with Crippen molar-refractivity contribution in [2.24, 2.45) is 5.10 Å². The number of thioether (sulfide) groups is 1. The molecule has 0 saturated carbocycles. The van der Waals surface area contributed by atoms with Crippen LogP contribution in [0.15, 0.2) is 81.5 Å². The van der Waals surface area contributed by atoms with Crippen molar-refractivity contribution in [1.82, 2.24) is 14.9 Å². The molecule has 1 aromatic heterocycles. The average Bonchev–Trinajstić information content (AvgIpc) is 3.11. The van der Waals surface area contributed by atoms with E-state index in [2.05, 4.69) is 68.6 Å². The molecule has 0 bridgehead atoms. The normalized spacial score (nSPS) is 13.5. The lowest BCUT2D eigenvalue weighted by Gasteiger charge is -2.14. The molecule has 5 rings (SSSR count). The number of hydrogen-bond donors (Lipinski definition) is 0. The summed E-state index contributed by atoms with van der Waals surface area (Å²) >= 11 is 5.15. The third-order valence-electron chi connectivity index (χ3n) is 4.38. The maximum Gasteiger partial charge on any atom is 0.212 e. The van der Waals surface area contributed by atoms with Crippen LogP contribution in [0.4, 0.5) is 0 Å². The van der Waals surface area contributed by atoms with Crippen LogP contribution in [0, 0.1) is 0 Å². The lowest BCUT2D eigenvalue weighted by molar-refractivity contribution is 0.763. The van der Waals surface area contributed by atoms with Gasteiger partial charge in [0, 0.05) is 15.8 Å². The fraction of sp³-hybridized carbons (Fsp3) is 0.0500. The van der Waals surface area contributed by atoms with Gasteiger partial charge in [-0.2, -0.15) is 9.78 Å². The molecular formula is C20H13BrN4S. The summed E-state index contributed by atoms with van der Waals surface area (Å²) < 4.78 is 2.93. The molecule has 0 N–H and O–H groups in total. The first kappa shape index (κ1) is 15.8. The zero-order chi connectivity index (χ0) is 17.5. The highest BCUT2D eigenvalue weighted by Gasteiger charge is 2.21. The molecule has 4 aromatic rings. The van der Waals surface area contributed by atoms with Gasteiger partial charge in [0.05, 0.1) is 5.71 Å². The number of hydrogen-bond acceptors (Lipinski definition) is 4. The van der Waals surface area contributed by atoms with Crippen LogP contribution >= 0.6 is 27.7 Å². The topological polar surface area (TPSA) is 43.1 Å². The van der Waals surface area contributed by atoms with Crippen LogP contribution in [0.25, 0.3) is 22.2 Å². The van der Waals surface area contributed by atoms with Crippen molar-refractivity contribution in [2.75, 3.05) is 5.75 Å². The summed E-state index contributed by atoms with van der Waals surface area (Å²) in [6.07, 6.45) is 0. The van der Waals surface area contributed by atoms with Crippen LogP contribution in [0.5, 0.6) is 0 Å². The lowest BCUT2D eigenvalue weighted by Crippen LogP contribution is -2.13. The summed E-state index contributed by atoms with van der Waals surface area (Å²) in [7, 11) is 0. The van der Waals surface area contributed by atoms with Crippen LogP contribution in [-0.4, -0.2) is 26.3 Å². The Morgan fingerprint density at radius 2 is 1.69 bits per heavy atom. The van der Waals surface area contributed by atoms with E-state index >= 15 is 0 Å². The molecule has 3 aromatic carbocycles. The number of aromatic nitrogens is 3. The molecular weight excluding hydrogens is 408 g/mol. The monoisotopic (exact) mass is 420 g/mol. The van der Waals surface area contributed by atoms with Gasteiger partial charge in [-0.1, -0.05) is 82.3 Å². The molecule has 0 atom stereocenters. The van der Waals surface area contributed by atoms with Gasteiger partial charge in [0.2, 0.25) is 5.16 Å². The predicted molar refractivity (Wildman–Crippen MR) is 110 cm³/mol. The molecule has 0 aliphatic carbocycles. The first-order chi connectivity index (χ1) is 12.8. The van der Waals surface area contributed by atoms with E-state index in [9.17, 15) is 0 Å². The Hall–Kier alpha value is -2.44. The van der Waals surface area contributed by atoms with Crippen molar-refractivity contribution < 1.29 is 0 Å². The first-order valence-corrected chi connectivity index (χ1v) is 9.97. The Balaban J connectivity index is 1.67. The van der Waals surface area contributed by atoms with Crippen LogP contribution < -0.4 is 0 Å². The Morgan fingerprint density at radius 3 is 2.58 bits per heavy atom. The molecule has 126 valence electrons. The van der Waals surface area contributed by atoms with E-state index in [-0.39, 0.29) is 0 Å². The maximum absolute atomic E-state index is 4.86. The third kappa shape index (κ3) is 2.66. The zero-order valence-corrected chi connectivity index (χ0v) is 16.0. The summed E-state index contributed by atoms with van der Waals surface area (Å²) in [6.45, 7) is 0. The number of fused-ring (bicyclic) bond motifs is 2. The number of halogens is 1. The number of rotatable bonds is 2. The smallest absolute Gasteiger partial charge is 0.186 e. The predicted octanol–water partition coefficient (Wildman–Crippen LogP) is 5.22. The van der Waals surface area contributed by atoms with Gasteiger partial charge >= 0.3 is 0 Å². The van der Waals surface area contributed by atoms with Crippen LogP contribution in [0.2, 0.25) is 0 Å². The molecule has 1 aliphatic heterocycles. The highest BCUT2D eigenvalue weighted by Crippen LogP contribution is 2.32. The van der Waals surface area contributed by atoms with Gasteiger partial charge in [0.1, 0.15) is 0 Å². The van der Waals surface area contributed by atoms with Crippen molar-refractivity contribution in [3.05, 3.63) is 76.8 Å². The Labute approximate surface area is 163 Å². The van der Waals surface area contributed by atoms with Crippen molar-refractivity contribution >= 4 is 44.2 Å². The molecule has 0 radical (unpaired) electrons. The van der Waals surface area contributed by atoms with Crippen molar-refractivity contribution in [1.29, 1.82) is 0 Å². The Kier molecular flexibility index (Phi) is 3.87. The van der Waals surface area contributed by atoms with Gasteiger partial charge < -0.3 is 0 Å². The lowest BCUT2D eigenvalue weighted by atomic mass is 10.0. The van der Waals surface area contributed by atoms with Crippen LogP contribution in [0.3, 0.4) is 0 Å². The summed E-state index contributed by atoms with van der Waals surface area (Å²) in [6, 6.07) is 22.8. The SMILES string of the molecule is Brc1ccc(C2=Nn3c(nnc3-c3cccc4ccccc34)SC2)cc1. The minimum atomic E-state index is 0.776. The highest BCUT2D eigenvalue weighted by atomic mass is 79.9. The van der Waals surface area contributed by atoms with Gasteiger partial charge in [-0.05, 0) is 28.5 Å². The Bertz CT molecular complexity index is 1140. The highest BCUT2D eigenvalue weighted by molar-refractivity contribution is 9.10. The molecule has 0 spiro atoms. The standard InChI is InChI=1S/C20H13BrN4S/c21-15-10-8-14(9-11-15)18-12-26-20-23-22-19(25(20)24-18)17-7-3-5-13-4-1-2-6-16(13)17/h1-11H,12H2. The molecule has 0 unspecified atom stereocenters. The minimum Gasteiger partial charge on any atom is -0.186 e. The van der Waals surface area contributed by atoms with E-state index < -0.39 is 0 Å². The van der Waals surface area contributed by atoms with Gasteiger partial charge in [-0.15, -0.1) is 10.2 Å². The van der Waals surface area contributed by atoms with E-state index in [1.54, 1.807) is 11.8 Å². The average molecular weight is 421 g/mol. The minimum absolute atomic E-state index is 0.776. The molecule has 26 heavy (non-hydrogen) atoms. The molecule has 2 heterocycles. The first-order valence-electron chi connectivity index (χ1n) is 8.20. The van der Waals surface area contributed by atoms with Gasteiger partial charge in [-0.25, -0.2) is 0 Å². The second kappa shape index (κ2) is 6.37. The molecule has 0 fully saturated rings. The van der Waals surface area contributed by atoms with Gasteiger partial charge in [-0.3, -0.25) is 0 Å². The number of nitrogens with zero attached hydrogens (tertiary/aromatic N) is 4. The fourth-order valence-corrected chi connectivity index (χ4v) is 4.20. The molecule has 0 saturated heterocycles. The van der Waals surface area contributed by atoms with E-state index in [1.807, 2.05) is 28.9 Å². The molecule has 4 nitrogen and oxygen atoms in total. The van der Waals surface area contributed by atoms with E-state index in [1.165, 1.54) is 5.39 Å². The van der Waals surface area contributed by atoms with Gasteiger partial charge in [0.25, 0.3) is 0 Å². The summed E-state index contributed by atoms with van der Waals surface area (Å²) in [5.41, 5.74) is 3.18.